The first-order chi connectivity index (χ1) is 5.18. The topological polar surface area (TPSA) is 12.4 Å². The average molecular weight is 149 g/mol. The van der Waals surface area contributed by atoms with Crippen LogP contribution in [-0.4, -0.2) is 12.3 Å². The highest BCUT2D eigenvalue weighted by molar-refractivity contribution is 5.64. The molecular formula is C10H15N. The van der Waals surface area contributed by atoms with E-state index < -0.39 is 0 Å². The van der Waals surface area contributed by atoms with E-state index in [0.717, 1.165) is 0 Å². The van der Waals surface area contributed by atoms with E-state index in [-0.39, 0.29) is 0 Å². The highest BCUT2D eigenvalue weighted by atomic mass is 14.7. The quantitative estimate of drug-likeness (QED) is 0.502. The Labute approximate surface area is 68.5 Å². The van der Waals surface area contributed by atoms with Crippen LogP contribution in [0.2, 0.25) is 0 Å². The van der Waals surface area contributed by atoms with Crippen molar-refractivity contribution in [1.29, 1.82) is 0 Å². The van der Waals surface area contributed by atoms with Crippen LogP contribution in [0.15, 0.2) is 28.8 Å². The third-order valence-corrected chi connectivity index (χ3v) is 1.72. The Balaban J connectivity index is 2.82. The average Bonchev–Trinajstić information content (AvgIpc) is 1.95. The first-order valence-corrected chi connectivity index (χ1v) is 4.08. The van der Waals surface area contributed by atoms with Crippen molar-refractivity contribution in [3.05, 3.63) is 23.8 Å². The van der Waals surface area contributed by atoms with Gasteiger partial charge in [0.1, 0.15) is 0 Å². The third-order valence-electron chi connectivity index (χ3n) is 1.72. The number of allylic oxidation sites excluding steroid dienone is 3. The van der Waals surface area contributed by atoms with Crippen molar-refractivity contribution >= 4 is 6.21 Å². The molecule has 0 fully saturated rings. The molecule has 0 spiro atoms. The summed E-state index contributed by atoms with van der Waals surface area (Å²) in [5, 5.41) is 0. The minimum absolute atomic E-state index is 0.334. The molecule has 11 heavy (non-hydrogen) atoms. The predicted octanol–water partition coefficient (Wildman–Crippen LogP) is 2.60. The van der Waals surface area contributed by atoms with Gasteiger partial charge in [-0.3, -0.25) is 4.99 Å². The minimum atomic E-state index is 0.334. The number of hydrogen-bond donors (Lipinski definition) is 0. The van der Waals surface area contributed by atoms with Crippen LogP contribution in [0.25, 0.3) is 0 Å². The molecule has 0 bridgehead atoms. The SMILES string of the molecule is CC1=C/C(C)/C=N\C(C)/C=C\1. The lowest BCUT2D eigenvalue weighted by atomic mass is 10.1. The van der Waals surface area contributed by atoms with E-state index in [0.29, 0.717) is 12.0 Å². The summed E-state index contributed by atoms with van der Waals surface area (Å²) in [6.45, 7) is 6.37. The number of nitrogens with zero attached hydrogens (tertiary/aromatic N) is 1. The van der Waals surface area contributed by atoms with Crippen LogP contribution < -0.4 is 0 Å². The molecule has 1 aliphatic rings. The van der Waals surface area contributed by atoms with Gasteiger partial charge >= 0.3 is 0 Å². The molecule has 0 N–H and O–H groups in total. The van der Waals surface area contributed by atoms with Gasteiger partial charge in [0.2, 0.25) is 0 Å². The maximum atomic E-state index is 4.34. The van der Waals surface area contributed by atoms with Crippen molar-refractivity contribution in [2.45, 2.75) is 26.8 Å². The van der Waals surface area contributed by atoms with Gasteiger partial charge in [0.05, 0.1) is 6.04 Å². The fraction of sp³-hybridized carbons (Fsp3) is 0.500. The van der Waals surface area contributed by atoms with E-state index in [2.05, 4.69) is 44.0 Å². The van der Waals surface area contributed by atoms with Gasteiger partial charge in [0.15, 0.2) is 0 Å². The van der Waals surface area contributed by atoms with E-state index in [1.165, 1.54) is 5.57 Å². The lowest BCUT2D eigenvalue weighted by Gasteiger charge is -2.06. The summed E-state index contributed by atoms with van der Waals surface area (Å²) in [4.78, 5) is 4.34. The van der Waals surface area contributed by atoms with E-state index in [1.54, 1.807) is 0 Å². The second kappa shape index (κ2) is 3.51. The molecule has 1 heteroatoms. The summed E-state index contributed by atoms with van der Waals surface area (Å²) in [5.74, 6) is 0.474. The maximum Gasteiger partial charge on any atom is 0.0651 e. The molecule has 0 aromatic rings. The normalized spacial score (nSPS) is 41.5. The Morgan fingerprint density at radius 2 is 2.09 bits per heavy atom. The fourth-order valence-electron chi connectivity index (χ4n) is 1.13. The smallest absolute Gasteiger partial charge is 0.0651 e. The molecule has 0 saturated carbocycles. The van der Waals surface area contributed by atoms with Crippen LogP contribution in [0, 0.1) is 5.92 Å². The zero-order valence-electron chi connectivity index (χ0n) is 7.41. The Hall–Kier alpha value is -0.850. The van der Waals surface area contributed by atoms with Gasteiger partial charge in [-0.05, 0) is 13.8 Å². The maximum absolute atomic E-state index is 4.34. The molecule has 1 nitrogen and oxygen atoms in total. The number of hydrogen-bond acceptors (Lipinski definition) is 1. The van der Waals surface area contributed by atoms with E-state index >= 15 is 0 Å². The van der Waals surface area contributed by atoms with Crippen LogP contribution in [0.3, 0.4) is 0 Å². The molecule has 0 radical (unpaired) electrons. The van der Waals surface area contributed by atoms with Crippen molar-refractivity contribution in [1.82, 2.24) is 0 Å². The molecular weight excluding hydrogens is 134 g/mol. The summed E-state index contributed by atoms with van der Waals surface area (Å²) < 4.78 is 0. The standard InChI is InChI=1S/C10H15N/c1-8-4-5-10(3)11-7-9(2)6-8/h4-7,9-10H,1-3H3/b5-4-,8-6-,11-7-. The molecule has 0 aromatic carbocycles. The molecule has 0 saturated heterocycles. The molecule has 2 atom stereocenters. The third kappa shape index (κ3) is 2.71. The van der Waals surface area contributed by atoms with Crippen molar-refractivity contribution in [2.24, 2.45) is 10.9 Å². The molecule has 1 rings (SSSR count). The van der Waals surface area contributed by atoms with Gasteiger partial charge < -0.3 is 0 Å². The first kappa shape index (κ1) is 8.25. The van der Waals surface area contributed by atoms with Gasteiger partial charge in [0, 0.05) is 12.1 Å². The van der Waals surface area contributed by atoms with E-state index in [4.69, 9.17) is 0 Å². The van der Waals surface area contributed by atoms with Crippen molar-refractivity contribution in [3.63, 3.8) is 0 Å². The predicted molar refractivity (Wildman–Crippen MR) is 50.0 cm³/mol. The summed E-state index contributed by atoms with van der Waals surface area (Å²) in [6, 6.07) is 0.334. The van der Waals surface area contributed by atoms with Gasteiger partial charge in [-0.15, -0.1) is 0 Å². The van der Waals surface area contributed by atoms with Gasteiger partial charge in [-0.1, -0.05) is 30.7 Å². The van der Waals surface area contributed by atoms with Crippen molar-refractivity contribution in [3.8, 4) is 0 Å². The zero-order valence-corrected chi connectivity index (χ0v) is 7.41. The molecule has 0 aliphatic carbocycles. The van der Waals surface area contributed by atoms with Crippen LogP contribution >= 0.6 is 0 Å². The molecule has 0 amide bonds. The largest absolute Gasteiger partial charge is 0.290 e. The number of aliphatic imine (C=N–C) groups is 1. The molecule has 0 aromatic heterocycles. The molecule has 2 unspecified atom stereocenters. The summed E-state index contributed by atoms with van der Waals surface area (Å²) in [6.07, 6.45) is 8.48. The molecule has 1 heterocycles. The Morgan fingerprint density at radius 1 is 1.36 bits per heavy atom. The van der Waals surface area contributed by atoms with Crippen molar-refractivity contribution < 1.29 is 0 Å². The lowest BCUT2D eigenvalue weighted by molar-refractivity contribution is 0.893. The van der Waals surface area contributed by atoms with Crippen LogP contribution in [-0.2, 0) is 0 Å². The van der Waals surface area contributed by atoms with Gasteiger partial charge in [-0.2, -0.15) is 0 Å². The lowest BCUT2D eigenvalue weighted by Crippen LogP contribution is -2.00. The Morgan fingerprint density at radius 3 is 2.82 bits per heavy atom. The zero-order chi connectivity index (χ0) is 8.27. The van der Waals surface area contributed by atoms with E-state index in [1.807, 2.05) is 6.21 Å². The Bertz CT molecular complexity index is 211. The number of rotatable bonds is 0. The minimum Gasteiger partial charge on any atom is -0.290 e. The summed E-state index contributed by atoms with van der Waals surface area (Å²) in [5.41, 5.74) is 1.33. The second-order valence-corrected chi connectivity index (χ2v) is 3.17. The summed E-state index contributed by atoms with van der Waals surface area (Å²) in [7, 11) is 0. The highest BCUT2D eigenvalue weighted by Crippen LogP contribution is 2.07. The first-order valence-electron chi connectivity index (χ1n) is 4.08. The summed E-state index contributed by atoms with van der Waals surface area (Å²) >= 11 is 0. The van der Waals surface area contributed by atoms with Crippen LogP contribution in [0.5, 0.6) is 0 Å². The Kier molecular flexibility index (Phi) is 2.64. The fourth-order valence-corrected chi connectivity index (χ4v) is 1.13. The van der Waals surface area contributed by atoms with Gasteiger partial charge in [0.25, 0.3) is 0 Å². The van der Waals surface area contributed by atoms with Crippen LogP contribution in [0.1, 0.15) is 20.8 Å². The van der Waals surface area contributed by atoms with Crippen LogP contribution in [0.4, 0.5) is 0 Å². The monoisotopic (exact) mass is 149 g/mol. The highest BCUT2D eigenvalue weighted by Gasteiger charge is 1.98. The van der Waals surface area contributed by atoms with E-state index in [9.17, 15) is 0 Å². The second-order valence-electron chi connectivity index (χ2n) is 3.17. The van der Waals surface area contributed by atoms with Crippen molar-refractivity contribution in [2.75, 3.05) is 0 Å². The molecule has 60 valence electrons. The molecule has 1 aliphatic heterocycles. The van der Waals surface area contributed by atoms with Gasteiger partial charge in [-0.25, -0.2) is 0 Å².